The van der Waals surface area contributed by atoms with E-state index in [9.17, 15) is 5.11 Å². The Morgan fingerprint density at radius 3 is 2.62 bits per heavy atom. The Kier molecular flexibility index (Phi) is 5.48. The fourth-order valence-electron chi connectivity index (χ4n) is 3.53. The lowest BCUT2D eigenvalue weighted by Gasteiger charge is -2.22. The van der Waals surface area contributed by atoms with Crippen molar-refractivity contribution >= 4 is 26.7 Å². The first kappa shape index (κ1) is 17.5. The first-order valence-corrected chi connectivity index (χ1v) is 10.2. The average Bonchev–Trinajstić information content (AvgIpc) is 2.98. The van der Waals surface area contributed by atoms with Gasteiger partial charge in [-0.05, 0) is 37.1 Å². The minimum Gasteiger partial charge on any atom is -0.388 e. The van der Waals surface area contributed by atoms with Gasteiger partial charge in [-0.2, -0.15) is 0 Å². The summed E-state index contributed by atoms with van der Waals surface area (Å²) in [5, 5.41) is 11.5. The molecule has 0 saturated carbocycles. The molecule has 3 aromatic rings. The van der Waals surface area contributed by atoms with E-state index in [4.69, 9.17) is 4.98 Å². The number of rotatable bonds is 5. The van der Waals surface area contributed by atoms with E-state index in [1.54, 1.807) is 11.3 Å². The number of hydrogen-bond acceptors (Lipinski definition) is 5. The number of aromatic nitrogens is 1. The van der Waals surface area contributed by atoms with E-state index in [0.29, 0.717) is 0 Å². The third kappa shape index (κ3) is 4.06. The van der Waals surface area contributed by atoms with Crippen LogP contribution < -0.4 is 4.90 Å². The van der Waals surface area contributed by atoms with Crippen molar-refractivity contribution in [1.29, 1.82) is 0 Å². The molecule has 26 heavy (non-hydrogen) atoms. The van der Waals surface area contributed by atoms with Crippen molar-refractivity contribution in [3.63, 3.8) is 0 Å². The highest BCUT2D eigenvalue weighted by molar-refractivity contribution is 7.22. The summed E-state index contributed by atoms with van der Waals surface area (Å²) < 4.78 is 1.26. The van der Waals surface area contributed by atoms with E-state index in [-0.39, 0.29) is 6.10 Å². The van der Waals surface area contributed by atoms with Gasteiger partial charge in [0.05, 0.1) is 16.3 Å². The van der Waals surface area contributed by atoms with Crippen molar-refractivity contribution in [3.05, 3.63) is 60.2 Å². The second-order valence-corrected chi connectivity index (χ2v) is 7.87. The van der Waals surface area contributed by atoms with Gasteiger partial charge in [0, 0.05) is 26.2 Å². The summed E-state index contributed by atoms with van der Waals surface area (Å²) in [6.45, 7) is 5.10. The molecule has 0 unspecified atom stereocenters. The lowest BCUT2D eigenvalue weighted by Crippen LogP contribution is -2.31. The Hall–Kier alpha value is -1.95. The zero-order valence-corrected chi connectivity index (χ0v) is 15.7. The summed E-state index contributed by atoms with van der Waals surface area (Å²) in [5.41, 5.74) is 2.11. The van der Waals surface area contributed by atoms with Crippen molar-refractivity contribution in [1.82, 2.24) is 9.88 Å². The molecule has 5 heteroatoms. The van der Waals surface area contributed by atoms with Crippen LogP contribution in [-0.4, -0.2) is 47.7 Å². The highest BCUT2D eigenvalue weighted by atomic mass is 32.1. The van der Waals surface area contributed by atoms with Crippen molar-refractivity contribution in [2.45, 2.75) is 18.9 Å². The molecular weight excluding hydrogens is 342 g/mol. The molecule has 2 aromatic carbocycles. The smallest absolute Gasteiger partial charge is 0.186 e. The summed E-state index contributed by atoms with van der Waals surface area (Å²) in [7, 11) is 0. The second-order valence-electron chi connectivity index (χ2n) is 6.86. The van der Waals surface area contributed by atoms with E-state index in [2.05, 4.69) is 28.0 Å². The Morgan fingerprint density at radius 2 is 1.77 bits per heavy atom. The largest absolute Gasteiger partial charge is 0.388 e. The average molecular weight is 368 g/mol. The molecule has 1 aliphatic heterocycles. The van der Waals surface area contributed by atoms with Gasteiger partial charge in [-0.3, -0.25) is 0 Å². The van der Waals surface area contributed by atoms with Crippen LogP contribution in [0.3, 0.4) is 0 Å². The predicted molar refractivity (Wildman–Crippen MR) is 109 cm³/mol. The molecule has 0 spiro atoms. The third-order valence-corrected chi connectivity index (χ3v) is 6.14. The van der Waals surface area contributed by atoms with Crippen LogP contribution in [0.1, 0.15) is 24.5 Å². The number of nitrogens with zero attached hydrogens (tertiary/aromatic N) is 3. The highest BCUT2D eigenvalue weighted by Gasteiger charge is 2.18. The van der Waals surface area contributed by atoms with E-state index < -0.39 is 0 Å². The lowest BCUT2D eigenvalue weighted by atomic mass is 10.1. The highest BCUT2D eigenvalue weighted by Crippen LogP contribution is 2.29. The maximum absolute atomic E-state index is 10.4. The van der Waals surface area contributed by atoms with Crippen LogP contribution in [0.15, 0.2) is 54.6 Å². The van der Waals surface area contributed by atoms with Gasteiger partial charge < -0.3 is 14.9 Å². The van der Waals surface area contributed by atoms with Gasteiger partial charge >= 0.3 is 0 Å². The summed E-state index contributed by atoms with van der Waals surface area (Å²) >= 11 is 1.79. The topological polar surface area (TPSA) is 39.6 Å². The van der Waals surface area contributed by atoms with Crippen LogP contribution in [0.25, 0.3) is 10.2 Å². The fraction of sp³-hybridized carbons (Fsp3) is 0.381. The number of aliphatic hydroxyl groups is 1. The molecule has 1 aromatic heterocycles. The number of fused-ring (bicyclic) bond motifs is 1. The van der Waals surface area contributed by atoms with Crippen LogP contribution in [0.5, 0.6) is 0 Å². The third-order valence-electron chi connectivity index (χ3n) is 5.04. The van der Waals surface area contributed by atoms with Crippen LogP contribution in [-0.2, 0) is 0 Å². The lowest BCUT2D eigenvalue weighted by molar-refractivity contribution is 0.144. The molecule has 1 fully saturated rings. The predicted octanol–water partition coefficient (Wildman–Crippen LogP) is 3.93. The van der Waals surface area contributed by atoms with Crippen LogP contribution in [0.2, 0.25) is 0 Å². The Labute approximate surface area is 158 Å². The SMILES string of the molecule is O[C@@H](CCN1CCCN(c2nc3ccccc3s2)CC1)c1ccccc1. The van der Waals surface area contributed by atoms with Gasteiger partial charge in [-0.15, -0.1) is 0 Å². The first-order valence-electron chi connectivity index (χ1n) is 9.35. The van der Waals surface area contributed by atoms with E-state index in [1.165, 1.54) is 4.70 Å². The van der Waals surface area contributed by atoms with E-state index in [1.807, 2.05) is 36.4 Å². The summed E-state index contributed by atoms with van der Waals surface area (Å²) in [6.07, 6.45) is 1.54. The van der Waals surface area contributed by atoms with Gasteiger partial charge in [0.2, 0.25) is 0 Å². The van der Waals surface area contributed by atoms with E-state index in [0.717, 1.165) is 61.8 Å². The second kappa shape index (κ2) is 8.16. The molecule has 0 radical (unpaired) electrons. The zero-order valence-electron chi connectivity index (χ0n) is 14.9. The molecular formula is C21H25N3OS. The Balaban J connectivity index is 1.33. The maximum atomic E-state index is 10.4. The van der Waals surface area contributed by atoms with Crippen LogP contribution in [0.4, 0.5) is 5.13 Å². The zero-order chi connectivity index (χ0) is 17.8. The molecule has 1 N–H and O–H groups in total. The summed E-state index contributed by atoms with van der Waals surface area (Å²) in [5.74, 6) is 0. The summed E-state index contributed by atoms with van der Waals surface area (Å²) in [4.78, 5) is 9.69. The summed E-state index contributed by atoms with van der Waals surface area (Å²) in [6, 6.07) is 18.3. The quantitative estimate of drug-likeness (QED) is 0.742. The molecule has 0 aliphatic carbocycles. The normalized spacial score (nSPS) is 17.3. The number of hydrogen-bond donors (Lipinski definition) is 1. The van der Waals surface area contributed by atoms with Gasteiger partial charge in [0.15, 0.2) is 5.13 Å². The van der Waals surface area contributed by atoms with Crippen LogP contribution >= 0.6 is 11.3 Å². The van der Waals surface area contributed by atoms with Crippen molar-refractivity contribution in [2.75, 3.05) is 37.6 Å². The number of anilines is 1. The van der Waals surface area contributed by atoms with Crippen molar-refractivity contribution in [2.24, 2.45) is 0 Å². The Bertz CT molecular complexity index is 802. The fourth-order valence-corrected chi connectivity index (χ4v) is 4.55. The van der Waals surface area contributed by atoms with Gasteiger partial charge in [-0.25, -0.2) is 4.98 Å². The Morgan fingerprint density at radius 1 is 0.962 bits per heavy atom. The monoisotopic (exact) mass is 367 g/mol. The molecule has 0 bridgehead atoms. The van der Waals surface area contributed by atoms with Crippen molar-refractivity contribution < 1.29 is 5.11 Å². The minimum atomic E-state index is -0.375. The maximum Gasteiger partial charge on any atom is 0.186 e. The van der Waals surface area contributed by atoms with Crippen molar-refractivity contribution in [3.8, 4) is 0 Å². The molecule has 136 valence electrons. The molecule has 4 rings (SSSR count). The number of thiazole rings is 1. The standard InChI is InChI=1S/C21H25N3OS/c25-19(17-7-2-1-3-8-17)11-14-23-12-6-13-24(16-15-23)21-22-18-9-4-5-10-20(18)26-21/h1-5,7-10,19,25H,6,11-16H2/t19-/m0/s1. The molecule has 0 amide bonds. The van der Waals surface area contributed by atoms with Gasteiger partial charge in [-0.1, -0.05) is 53.8 Å². The van der Waals surface area contributed by atoms with Crippen LogP contribution in [0, 0.1) is 0 Å². The first-order chi connectivity index (χ1) is 12.8. The van der Waals surface area contributed by atoms with Gasteiger partial charge in [0.1, 0.15) is 0 Å². The van der Waals surface area contributed by atoms with E-state index >= 15 is 0 Å². The number of benzene rings is 2. The molecule has 1 saturated heterocycles. The molecule has 1 atom stereocenters. The number of aliphatic hydroxyl groups excluding tert-OH is 1. The number of para-hydroxylation sites is 1. The molecule has 1 aliphatic rings. The molecule has 2 heterocycles. The van der Waals surface area contributed by atoms with Gasteiger partial charge in [0.25, 0.3) is 0 Å². The minimum absolute atomic E-state index is 0.375. The molecule has 4 nitrogen and oxygen atoms in total.